The number of sulfonamides is 1. The van der Waals surface area contributed by atoms with E-state index in [9.17, 15) is 13.2 Å². The molecular weight excluding hydrogens is 406 g/mol. The highest BCUT2D eigenvalue weighted by Gasteiger charge is 2.25. The minimum atomic E-state index is -3.77. The average Bonchev–Trinajstić information content (AvgIpc) is 2.67. The molecule has 2 aromatic rings. The van der Waals surface area contributed by atoms with Gasteiger partial charge in [0.1, 0.15) is 11.5 Å². The number of carbonyl (C=O) groups excluding carboxylic acids is 1. The van der Waals surface area contributed by atoms with E-state index in [0.29, 0.717) is 13.1 Å². The molecule has 0 aliphatic carbocycles. The summed E-state index contributed by atoms with van der Waals surface area (Å²) in [6, 6.07) is 11.8. The molecule has 0 aliphatic rings. The lowest BCUT2D eigenvalue weighted by Crippen LogP contribution is -2.31. The second-order valence-electron chi connectivity index (χ2n) is 5.66. The van der Waals surface area contributed by atoms with Gasteiger partial charge in [0.15, 0.2) is 0 Å². The van der Waals surface area contributed by atoms with Crippen LogP contribution in [0.4, 0.5) is 0 Å². The molecule has 0 unspecified atom stereocenters. The van der Waals surface area contributed by atoms with E-state index < -0.39 is 16.0 Å². The number of ether oxygens (including phenoxy) is 1. The van der Waals surface area contributed by atoms with E-state index in [0.717, 1.165) is 10.5 Å². The van der Waals surface area contributed by atoms with Crippen molar-refractivity contribution in [2.75, 3.05) is 19.3 Å². The summed E-state index contributed by atoms with van der Waals surface area (Å²) >= 11 is 7.71. The van der Waals surface area contributed by atoms with Crippen molar-refractivity contribution in [2.45, 2.75) is 30.2 Å². The maximum atomic E-state index is 12.7. The fourth-order valence-electron chi connectivity index (χ4n) is 2.48. The monoisotopic (exact) mass is 427 g/mol. The van der Waals surface area contributed by atoms with Gasteiger partial charge in [-0.15, -0.1) is 11.8 Å². The Hall–Kier alpha value is -1.54. The molecular formula is C19H22ClNO4S2. The predicted octanol–water partition coefficient (Wildman–Crippen LogP) is 4.45. The Morgan fingerprint density at radius 2 is 1.74 bits per heavy atom. The van der Waals surface area contributed by atoms with Gasteiger partial charge >= 0.3 is 5.97 Å². The quantitative estimate of drug-likeness (QED) is 0.460. The molecule has 2 aromatic carbocycles. The highest BCUT2D eigenvalue weighted by molar-refractivity contribution is 7.98. The molecule has 0 fully saturated rings. The summed E-state index contributed by atoms with van der Waals surface area (Å²) in [5.41, 5.74) is 0.997. The molecule has 0 N–H and O–H groups in total. The third kappa shape index (κ3) is 5.25. The Morgan fingerprint density at radius 3 is 2.30 bits per heavy atom. The first-order valence-corrected chi connectivity index (χ1v) is 11.5. The second-order valence-corrected chi connectivity index (χ2v) is 8.85. The zero-order chi connectivity index (χ0) is 20.0. The van der Waals surface area contributed by atoms with Crippen LogP contribution in [0.25, 0.3) is 0 Å². The van der Waals surface area contributed by atoms with Gasteiger partial charge in [-0.25, -0.2) is 13.2 Å². The number of esters is 1. The first-order valence-electron chi connectivity index (χ1n) is 8.43. The van der Waals surface area contributed by atoms with E-state index in [4.69, 9.17) is 16.3 Å². The highest BCUT2D eigenvalue weighted by atomic mass is 35.5. The lowest BCUT2D eigenvalue weighted by molar-refractivity contribution is 0.0472. The molecule has 0 radical (unpaired) electrons. The number of thioether (sulfide) groups is 1. The molecule has 0 saturated carbocycles. The summed E-state index contributed by atoms with van der Waals surface area (Å²) in [6.45, 7) is 4.23. The van der Waals surface area contributed by atoms with Crippen LogP contribution in [-0.4, -0.2) is 38.0 Å². The summed E-state index contributed by atoms with van der Waals surface area (Å²) in [6.07, 6.45) is 1.99. The van der Waals surface area contributed by atoms with Crippen LogP contribution in [0.2, 0.25) is 5.02 Å². The number of nitrogens with zero attached hydrogens (tertiary/aromatic N) is 1. The fraction of sp³-hybridized carbons (Fsp3) is 0.316. The van der Waals surface area contributed by atoms with Crippen molar-refractivity contribution in [1.29, 1.82) is 0 Å². The van der Waals surface area contributed by atoms with E-state index in [1.807, 2.05) is 30.5 Å². The Kier molecular flexibility index (Phi) is 7.73. The number of halogens is 1. The average molecular weight is 428 g/mol. The van der Waals surface area contributed by atoms with E-state index >= 15 is 0 Å². The van der Waals surface area contributed by atoms with E-state index in [2.05, 4.69) is 0 Å². The van der Waals surface area contributed by atoms with Crippen molar-refractivity contribution < 1.29 is 17.9 Å². The molecule has 0 aromatic heterocycles. The Labute approximate surface area is 169 Å². The Morgan fingerprint density at radius 1 is 1.11 bits per heavy atom. The third-order valence-corrected chi connectivity index (χ3v) is 7.29. The molecule has 0 spiro atoms. The number of benzene rings is 2. The van der Waals surface area contributed by atoms with Crippen LogP contribution in [0.3, 0.4) is 0 Å². The topological polar surface area (TPSA) is 63.7 Å². The van der Waals surface area contributed by atoms with Gasteiger partial charge in [0.2, 0.25) is 10.0 Å². The summed E-state index contributed by atoms with van der Waals surface area (Å²) in [7, 11) is -3.77. The van der Waals surface area contributed by atoms with Gasteiger partial charge in [0.25, 0.3) is 0 Å². The van der Waals surface area contributed by atoms with Crippen LogP contribution in [0.5, 0.6) is 0 Å². The van der Waals surface area contributed by atoms with Crippen LogP contribution in [0.1, 0.15) is 29.8 Å². The Balaban J connectivity index is 2.19. The SMILES string of the molecule is CCN(CC)S(=O)(=O)c1cc(C(=O)OCc2ccc(SC)cc2)ccc1Cl. The smallest absolute Gasteiger partial charge is 0.338 e. The molecule has 0 heterocycles. The number of hydrogen-bond acceptors (Lipinski definition) is 5. The van der Waals surface area contributed by atoms with Crippen molar-refractivity contribution in [3.8, 4) is 0 Å². The summed E-state index contributed by atoms with van der Waals surface area (Å²) in [5, 5.41) is 0.0751. The van der Waals surface area contributed by atoms with Gasteiger partial charge in [0.05, 0.1) is 10.6 Å². The molecule has 0 amide bonds. The summed E-state index contributed by atoms with van der Waals surface area (Å²) < 4.78 is 32.0. The molecule has 0 saturated heterocycles. The standard InChI is InChI=1S/C19H22ClNO4S2/c1-4-21(5-2)27(23,24)18-12-15(8-11-17(18)20)19(22)25-13-14-6-9-16(26-3)10-7-14/h6-12H,4-5,13H2,1-3H3. The summed E-state index contributed by atoms with van der Waals surface area (Å²) in [5.74, 6) is -0.600. The largest absolute Gasteiger partial charge is 0.457 e. The lowest BCUT2D eigenvalue weighted by atomic mass is 10.2. The molecule has 146 valence electrons. The van der Waals surface area contributed by atoms with Crippen LogP contribution >= 0.6 is 23.4 Å². The highest BCUT2D eigenvalue weighted by Crippen LogP contribution is 2.26. The van der Waals surface area contributed by atoms with Gasteiger partial charge in [-0.3, -0.25) is 0 Å². The van der Waals surface area contributed by atoms with Crippen molar-refractivity contribution in [3.63, 3.8) is 0 Å². The third-order valence-electron chi connectivity index (χ3n) is 4.02. The molecule has 27 heavy (non-hydrogen) atoms. The van der Waals surface area contributed by atoms with Gasteiger partial charge in [0, 0.05) is 18.0 Å². The fourth-order valence-corrected chi connectivity index (χ4v) is 4.85. The van der Waals surface area contributed by atoms with Crippen LogP contribution in [0.15, 0.2) is 52.3 Å². The van der Waals surface area contributed by atoms with Crippen LogP contribution in [0, 0.1) is 0 Å². The van der Waals surface area contributed by atoms with Crippen molar-refractivity contribution >= 4 is 39.4 Å². The zero-order valence-electron chi connectivity index (χ0n) is 15.4. The predicted molar refractivity (Wildman–Crippen MR) is 109 cm³/mol. The van der Waals surface area contributed by atoms with Gasteiger partial charge < -0.3 is 4.74 Å². The number of hydrogen-bond donors (Lipinski definition) is 0. The normalized spacial score (nSPS) is 11.6. The molecule has 0 aliphatic heterocycles. The van der Waals surface area contributed by atoms with Crippen molar-refractivity contribution in [2.24, 2.45) is 0 Å². The van der Waals surface area contributed by atoms with Crippen molar-refractivity contribution in [3.05, 3.63) is 58.6 Å². The molecule has 0 bridgehead atoms. The molecule has 5 nitrogen and oxygen atoms in total. The minimum Gasteiger partial charge on any atom is -0.457 e. The minimum absolute atomic E-state index is 0.0751. The van der Waals surface area contributed by atoms with Crippen LogP contribution < -0.4 is 0 Å². The van der Waals surface area contributed by atoms with E-state index in [-0.39, 0.29) is 22.1 Å². The molecule has 8 heteroatoms. The van der Waals surface area contributed by atoms with Gasteiger partial charge in [-0.05, 0) is 42.2 Å². The maximum absolute atomic E-state index is 12.7. The van der Waals surface area contributed by atoms with Gasteiger partial charge in [-0.1, -0.05) is 37.6 Å². The summed E-state index contributed by atoms with van der Waals surface area (Å²) in [4.78, 5) is 13.4. The van der Waals surface area contributed by atoms with Gasteiger partial charge in [-0.2, -0.15) is 4.31 Å². The van der Waals surface area contributed by atoms with Crippen molar-refractivity contribution in [1.82, 2.24) is 4.31 Å². The molecule has 0 atom stereocenters. The second kappa shape index (κ2) is 9.59. The molecule has 2 rings (SSSR count). The maximum Gasteiger partial charge on any atom is 0.338 e. The lowest BCUT2D eigenvalue weighted by Gasteiger charge is -2.19. The Bertz CT molecular complexity index is 894. The van der Waals surface area contributed by atoms with E-state index in [1.54, 1.807) is 25.6 Å². The number of rotatable bonds is 8. The van der Waals surface area contributed by atoms with Crippen LogP contribution in [-0.2, 0) is 21.4 Å². The first kappa shape index (κ1) is 21.8. The van der Waals surface area contributed by atoms with E-state index in [1.165, 1.54) is 22.5 Å². The zero-order valence-corrected chi connectivity index (χ0v) is 17.8. The number of carbonyl (C=O) groups is 1. The first-order chi connectivity index (χ1) is 12.8.